The molecule has 0 aliphatic heterocycles. The molecule has 0 aliphatic carbocycles. The first-order chi connectivity index (χ1) is 45.4. The zero-order valence-corrected chi connectivity index (χ0v) is 63.1. The van der Waals surface area contributed by atoms with Crippen LogP contribution in [0.25, 0.3) is 0 Å². The average Bonchev–Trinajstić information content (AvgIpc) is 1.30. The molecule has 2 unspecified atom stereocenters. The third-order valence-corrected chi connectivity index (χ3v) is 19.4. The van der Waals surface area contributed by atoms with Gasteiger partial charge >= 0.3 is 39.5 Å². The standard InChI is InChI=1S/C75H146O17P2/c1-7-9-11-13-15-17-19-20-21-22-23-24-25-26-27-32-36-40-48-54-60-75(80)91-70(63-85-72(77)57-51-45-38-35-31-29-28-30-33-37-43-49-55-67(3)4)65-89-93(81,82)87-61-69(76)62-88-94(83,84)90-66-71(64-86-73(78)58-52-46-42-41-44-50-56-68(5)6)92-74(79)59-53-47-39-34-18-16-14-12-10-8-2/h67-71,76H,7-66H2,1-6H3,(H,81,82)(H,83,84)/t69-,70-,71-/m1/s1. The first-order valence-corrected chi connectivity index (χ1v) is 42.0. The van der Waals surface area contributed by atoms with Crippen LogP contribution in [-0.2, 0) is 65.4 Å². The molecule has 0 saturated carbocycles. The second kappa shape index (κ2) is 66.9. The summed E-state index contributed by atoms with van der Waals surface area (Å²) >= 11 is 0. The topological polar surface area (TPSA) is 237 Å². The zero-order valence-electron chi connectivity index (χ0n) is 61.3. The van der Waals surface area contributed by atoms with Gasteiger partial charge in [-0.1, -0.05) is 337 Å². The minimum atomic E-state index is -4.96. The molecule has 0 spiro atoms. The molecule has 3 N–H and O–H groups in total. The van der Waals surface area contributed by atoms with Crippen molar-refractivity contribution in [3.8, 4) is 0 Å². The Labute approximate surface area is 575 Å². The van der Waals surface area contributed by atoms with Gasteiger partial charge in [-0.2, -0.15) is 0 Å². The summed E-state index contributed by atoms with van der Waals surface area (Å²) < 4.78 is 68.4. The smallest absolute Gasteiger partial charge is 0.462 e. The third-order valence-electron chi connectivity index (χ3n) is 17.5. The van der Waals surface area contributed by atoms with Crippen molar-refractivity contribution >= 4 is 39.5 Å². The van der Waals surface area contributed by atoms with Crippen LogP contribution in [0.15, 0.2) is 0 Å². The van der Waals surface area contributed by atoms with E-state index in [1.54, 1.807) is 0 Å². The summed E-state index contributed by atoms with van der Waals surface area (Å²) in [5.74, 6) is -0.658. The van der Waals surface area contributed by atoms with E-state index in [2.05, 4.69) is 41.5 Å². The molecule has 0 radical (unpaired) electrons. The average molecular weight is 1380 g/mol. The Hall–Kier alpha value is -1.94. The molecule has 558 valence electrons. The highest BCUT2D eigenvalue weighted by molar-refractivity contribution is 7.47. The number of hydrogen-bond acceptors (Lipinski definition) is 15. The highest BCUT2D eigenvalue weighted by Crippen LogP contribution is 2.45. The maximum absolute atomic E-state index is 13.1. The van der Waals surface area contributed by atoms with Crippen molar-refractivity contribution in [1.82, 2.24) is 0 Å². The first kappa shape index (κ1) is 92.1. The van der Waals surface area contributed by atoms with Crippen LogP contribution in [0.4, 0.5) is 0 Å². The van der Waals surface area contributed by atoms with Crippen molar-refractivity contribution in [3.05, 3.63) is 0 Å². The summed E-state index contributed by atoms with van der Waals surface area (Å²) in [4.78, 5) is 72.7. The van der Waals surface area contributed by atoms with Crippen LogP contribution < -0.4 is 0 Å². The van der Waals surface area contributed by atoms with Crippen molar-refractivity contribution in [2.75, 3.05) is 39.6 Å². The number of carbonyl (C=O) groups is 4. The van der Waals surface area contributed by atoms with Crippen LogP contribution in [0.1, 0.15) is 388 Å². The summed E-state index contributed by atoms with van der Waals surface area (Å²) in [7, 11) is -9.90. The van der Waals surface area contributed by atoms with Crippen molar-refractivity contribution < 1.29 is 80.2 Å². The quantitative estimate of drug-likeness (QED) is 0.0222. The van der Waals surface area contributed by atoms with E-state index in [0.29, 0.717) is 31.6 Å². The van der Waals surface area contributed by atoms with Crippen molar-refractivity contribution in [3.63, 3.8) is 0 Å². The second-order valence-corrected chi connectivity index (χ2v) is 30.9. The van der Waals surface area contributed by atoms with Gasteiger partial charge in [0.05, 0.1) is 26.4 Å². The maximum Gasteiger partial charge on any atom is 0.472 e. The molecule has 0 saturated heterocycles. The van der Waals surface area contributed by atoms with Gasteiger partial charge in [0.25, 0.3) is 0 Å². The minimum absolute atomic E-state index is 0.105. The van der Waals surface area contributed by atoms with E-state index >= 15 is 0 Å². The van der Waals surface area contributed by atoms with Crippen LogP contribution in [0.2, 0.25) is 0 Å². The molecule has 19 heteroatoms. The summed E-state index contributed by atoms with van der Waals surface area (Å²) in [5, 5.41) is 10.6. The van der Waals surface area contributed by atoms with Gasteiger partial charge in [-0.15, -0.1) is 0 Å². The molecule has 0 fully saturated rings. The fourth-order valence-corrected chi connectivity index (χ4v) is 13.1. The van der Waals surface area contributed by atoms with E-state index < -0.39 is 97.5 Å². The number of aliphatic hydroxyl groups excluding tert-OH is 1. The molecule has 17 nitrogen and oxygen atoms in total. The number of phosphoric ester groups is 2. The molecule has 0 aromatic carbocycles. The van der Waals surface area contributed by atoms with E-state index in [-0.39, 0.29) is 25.7 Å². The summed E-state index contributed by atoms with van der Waals surface area (Å²) in [6, 6.07) is 0. The predicted molar refractivity (Wildman–Crippen MR) is 381 cm³/mol. The van der Waals surface area contributed by atoms with Crippen LogP contribution in [-0.4, -0.2) is 96.7 Å². The lowest BCUT2D eigenvalue weighted by atomic mass is 10.0. The molecule has 0 bridgehead atoms. The number of esters is 4. The number of ether oxygens (including phenoxy) is 4. The number of phosphoric acid groups is 2. The van der Waals surface area contributed by atoms with Gasteiger partial charge in [0.15, 0.2) is 12.2 Å². The molecule has 0 amide bonds. The fourth-order valence-electron chi connectivity index (χ4n) is 11.5. The Morgan fingerprint density at radius 2 is 0.489 bits per heavy atom. The number of carbonyl (C=O) groups excluding carboxylic acids is 4. The Balaban J connectivity index is 5.19. The van der Waals surface area contributed by atoms with Gasteiger partial charge in [-0.3, -0.25) is 37.3 Å². The fraction of sp³-hybridized carbons (Fsp3) is 0.947. The normalized spacial score (nSPS) is 14.0. The molecular weight excluding hydrogens is 1230 g/mol. The van der Waals surface area contributed by atoms with Gasteiger partial charge in [-0.25, -0.2) is 9.13 Å². The molecule has 0 aliphatic rings. The zero-order chi connectivity index (χ0) is 69.3. The lowest BCUT2D eigenvalue weighted by molar-refractivity contribution is -0.161. The second-order valence-electron chi connectivity index (χ2n) is 28.0. The van der Waals surface area contributed by atoms with Gasteiger partial charge in [0.2, 0.25) is 0 Å². The number of hydrogen-bond donors (Lipinski definition) is 3. The lowest BCUT2D eigenvalue weighted by Gasteiger charge is -2.21. The summed E-state index contributed by atoms with van der Waals surface area (Å²) in [5.41, 5.74) is 0. The Kier molecular flexibility index (Phi) is 65.5. The Bertz CT molecular complexity index is 1820. The predicted octanol–water partition coefficient (Wildman–Crippen LogP) is 21.9. The number of aliphatic hydroxyl groups is 1. The number of rotatable bonds is 74. The SMILES string of the molecule is CCCCCCCCCCCCCCCCCCCCCCC(=O)O[C@H](COC(=O)CCCCCCCCCCCCCCC(C)C)COP(=O)(O)OC[C@@H](O)COP(=O)(O)OC[C@@H](COC(=O)CCCCCCCCC(C)C)OC(=O)CCCCCCCCCCCC. The van der Waals surface area contributed by atoms with Crippen LogP contribution in [0.5, 0.6) is 0 Å². The van der Waals surface area contributed by atoms with Crippen molar-refractivity contribution in [1.29, 1.82) is 0 Å². The van der Waals surface area contributed by atoms with Crippen LogP contribution in [0, 0.1) is 11.8 Å². The summed E-state index contributed by atoms with van der Waals surface area (Å²) in [6.07, 6.45) is 54.4. The molecule has 0 aromatic heterocycles. The van der Waals surface area contributed by atoms with E-state index in [1.165, 1.54) is 199 Å². The molecule has 0 rings (SSSR count). The van der Waals surface area contributed by atoms with Crippen molar-refractivity contribution in [2.24, 2.45) is 11.8 Å². The van der Waals surface area contributed by atoms with Crippen LogP contribution >= 0.6 is 15.6 Å². The largest absolute Gasteiger partial charge is 0.472 e. The minimum Gasteiger partial charge on any atom is -0.462 e. The van der Waals surface area contributed by atoms with Gasteiger partial charge in [-0.05, 0) is 37.5 Å². The third kappa shape index (κ3) is 68.6. The van der Waals surface area contributed by atoms with E-state index in [1.807, 2.05) is 0 Å². The molecule has 0 aromatic rings. The van der Waals surface area contributed by atoms with Gasteiger partial charge in [0.1, 0.15) is 19.3 Å². The molecule has 5 atom stereocenters. The van der Waals surface area contributed by atoms with E-state index in [0.717, 1.165) is 102 Å². The molecule has 0 heterocycles. The lowest BCUT2D eigenvalue weighted by Crippen LogP contribution is -2.30. The monoisotopic (exact) mass is 1380 g/mol. The molecular formula is C75H146O17P2. The Morgan fingerprint density at radius 1 is 0.287 bits per heavy atom. The summed E-state index contributed by atoms with van der Waals surface area (Å²) in [6.45, 7) is 9.50. The van der Waals surface area contributed by atoms with E-state index in [9.17, 15) is 43.2 Å². The molecule has 94 heavy (non-hydrogen) atoms. The first-order valence-electron chi connectivity index (χ1n) is 39.0. The highest BCUT2D eigenvalue weighted by Gasteiger charge is 2.30. The van der Waals surface area contributed by atoms with Gasteiger partial charge in [0, 0.05) is 25.7 Å². The van der Waals surface area contributed by atoms with Gasteiger partial charge < -0.3 is 33.8 Å². The maximum atomic E-state index is 13.1. The number of unbranched alkanes of at least 4 members (excludes halogenated alkanes) is 44. The van der Waals surface area contributed by atoms with E-state index in [4.69, 9.17) is 37.0 Å². The Morgan fingerprint density at radius 3 is 0.723 bits per heavy atom. The highest BCUT2D eigenvalue weighted by atomic mass is 31.2. The van der Waals surface area contributed by atoms with Crippen LogP contribution in [0.3, 0.4) is 0 Å². The van der Waals surface area contributed by atoms with Crippen molar-refractivity contribution in [2.45, 2.75) is 407 Å².